The molecule has 1 saturated heterocycles. The van der Waals surface area contributed by atoms with Crippen LogP contribution in [0, 0.1) is 17.8 Å². The maximum atomic E-state index is 12.3. The molecule has 0 radical (unpaired) electrons. The van der Waals surface area contributed by atoms with Crippen molar-refractivity contribution in [3.63, 3.8) is 0 Å². The number of benzene rings is 1. The minimum atomic E-state index is -0.286. The largest absolute Gasteiger partial charge is 0.458 e. The first-order valence-electron chi connectivity index (χ1n) is 8.86. The zero-order valence-electron chi connectivity index (χ0n) is 14.1. The van der Waals surface area contributed by atoms with Gasteiger partial charge in [-0.15, -0.1) is 0 Å². The molecular weight excluding hydrogens is 316 g/mol. The first-order chi connectivity index (χ1) is 12.0. The van der Waals surface area contributed by atoms with E-state index in [0.717, 1.165) is 24.8 Å². The van der Waals surface area contributed by atoms with Crippen molar-refractivity contribution in [1.29, 1.82) is 0 Å². The molecule has 1 aliphatic heterocycles. The molecule has 0 bridgehead atoms. The zero-order valence-corrected chi connectivity index (χ0v) is 14.1. The molecule has 0 aromatic heterocycles. The average Bonchev–Trinajstić information content (AvgIpc) is 2.88. The van der Waals surface area contributed by atoms with Crippen LogP contribution in [0.4, 0.5) is 0 Å². The van der Waals surface area contributed by atoms with Crippen molar-refractivity contribution in [1.82, 2.24) is 0 Å². The molecule has 130 valence electrons. The Balaban J connectivity index is 1.44. The molecule has 25 heavy (non-hydrogen) atoms. The summed E-state index contributed by atoms with van der Waals surface area (Å²) in [6, 6.07) is 9.05. The number of hydrogen-bond donors (Lipinski definition) is 0. The Morgan fingerprint density at radius 1 is 1.08 bits per heavy atom. The number of ether oxygens (including phenoxy) is 2. The highest BCUT2D eigenvalue weighted by Crippen LogP contribution is 2.50. The Bertz CT molecular complexity index is 736. The predicted octanol–water partition coefficient (Wildman–Crippen LogP) is 3.69. The summed E-state index contributed by atoms with van der Waals surface area (Å²) >= 11 is 0. The Morgan fingerprint density at radius 2 is 1.84 bits per heavy atom. The molecule has 3 aliphatic rings. The van der Waals surface area contributed by atoms with Crippen molar-refractivity contribution < 1.29 is 19.1 Å². The third kappa shape index (κ3) is 2.90. The molecule has 0 amide bonds. The maximum absolute atomic E-state index is 12.3. The highest BCUT2D eigenvalue weighted by Gasteiger charge is 2.49. The highest BCUT2D eigenvalue weighted by atomic mass is 16.6. The van der Waals surface area contributed by atoms with E-state index in [2.05, 4.69) is 13.2 Å². The van der Waals surface area contributed by atoms with Crippen LogP contribution in [0.2, 0.25) is 0 Å². The zero-order chi connectivity index (χ0) is 17.6. The number of carbonyl (C=O) groups is 2. The van der Waals surface area contributed by atoms with Gasteiger partial charge in [-0.1, -0.05) is 36.9 Å². The lowest BCUT2D eigenvalue weighted by atomic mass is 9.63. The summed E-state index contributed by atoms with van der Waals surface area (Å²) in [7, 11) is 0. The Morgan fingerprint density at radius 3 is 2.60 bits per heavy atom. The SMILES string of the molecule is C=C1C[C@H](OC(=O)c2ccccc2)CC2C[C@H]3OC(=O)C(=C)[C@H]3CC12. The fourth-order valence-electron chi connectivity index (χ4n) is 4.61. The molecule has 5 atom stereocenters. The summed E-state index contributed by atoms with van der Waals surface area (Å²) in [6.45, 7) is 8.14. The van der Waals surface area contributed by atoms with Gasteiger partial charge >= 0.3 is 11.9 Å². The first-order valence-corrected chi connectivity index (χ1v) is 8.86. The van der Waals surface area contributed by atoms with Crippen LogP contribution in [0.25, 0.3) is 0 Å². The summed E-state index contributed by atoms with van der Waals surface area (Å²) in [5.41, 5.74) is 2.29. The van der Waals surface area contributed by atoms with Gasteiger partial charge in [0.2, 0.25) is 0 Å². The van der Waals surface area contributed by atoms with E-state index in [0.29, 0.717) is 29.4 Å². The van der Waals surface area contributed by atoms with E-state index in [9.17, 15) is 9.59 Å². The molecule has 1 heterocycles. The van der Waals surface area contributed by atoms with Gasteiger partial charge in [0.15, 0.2) is 0 Å². The van der Waals surface area contributed by atoms with Crippen molar-refractivity contribution in [3.05, 3.63) is 60.2 Å². The summed E-state index contributed by atoms with van der Waals surface area (Å²) < 4.78 is 11.2. The van der Waals surface area contributed by atoms with E-state index >= 15 is 0 Å². The van der Waals surface area contributed by atoms with Crippen LogP contribution in [-0.4, -0.2) is 24.1 Å². The Labute approximate surface area is 147 Å². The third-order valence-corrected chi connectivity index (χ3v) is 5.89. The van der Waals surface area contributed by atoms with Crippen LogP contribution in [0.3, 0.4) is 0 Å². The number of fused-ring (bicyclic) bond motifs is 2. The number of rotatable bonds is 2. The average molecular weight is 338 g/mol. The Hall–Kier alpha value is -2.36. The molecule has 2 aliphatic carbocycles. The van der Waals surface area contributed by atoms with Gasteiger partial charge in [0, 0.05) is 17.9 Å². The first kappa shape index (κ1) is 16.1. The van der Waals surface area contributed by atoms with Gasteiger partial charge in [-0.05, 0) is 43.2 Å². The van der Waals surface area contributed by atoms with Gasteiger partial charge in [0.25, 0.3) is 0 Å². The summed E-state index contributed by atoms with van der Waals surface area (Å²) in [4.78, 5) is 24.1. The fourth-order valence-corrected chi connectivity index (χ4v) is 4.61. The van der Waals surface area contributed by atoms with Crippen molar-refractivity contribution in [2.45, 2.75) is 37.9 Å². The molecule has 2 saturated carbocycles. The van der Waals surface area contributed by atoms with Gasteiger partial charge in [-0.25, -0.2) is 9.59 Å². The van der Waals surface area contributed by atoms with E-state index in [-0.39, 0.29) is 30.1 Å². The lowest BCUT2D eigenvalue weighted by Crippen LogP contribution is -2.40. The molecule has 4 rings (SSSR count). The van der Waals surface area contributed by atoms with Crippen LogP contribution in [-0.2, 0) is 14.3 Å². The van der Waals surface area contributed by atoms with Crippen LogP contribution in [0.5, 0.6) is 0 Å². The van der Waals surface area contributed by atoms with Crippen molar-refractivity contribution in [2.75, 3.05) is 0 Å². The van der Waals surface area contributed by atoms with Crippen molar-refractivity contribution in [2.24, 2.45) is 17.8 Å². The van der Waals surface area contributed by atoms with E-state index < -0.39 is 0 Å². The maximum Gasteiger partial charge on any atom is 0.338 e. The molecule has 2 unspecified atom stereocenters. The second-order valence-corrected chi connectivity index (χ2v) is 7.40. The highest BCUT2D eigenvalue weighted by molar-refractivity contribution is 5.91. The normalized spacial score (nSPS) is 34.1. The topological polar surface area (TPSA) is 52.6 Å². The molecule has 1 aromatic carbocycles. The molecule has 0 N–H and O–H groups in total. The van der Waals surface area contributed by atoms with Gasteiger partial charge in [-0.2, -0.15) is 0 Å². The number of hydrogen-bond acceptors (Lipinski definition) is 4. The second-order valence-electron chi connectivity index (χ2n) is 7.40. The lowest BCUT2D eigenvalue weighted by molar-refractivity contribution is -0.141. The van der Waals surface area contributed by atoms with E-state index in [1.165, 1.54) is 0 Å². The minimum Gasteiger partial charge on any atom is -0.458 e. The van der Waals surface area contributed by atoms with Crippen molar-refractivity contribution >= 4 is 11.9 Å². The predicted molar refractivity (Wildman–Crippen MR) is 92.7 cm³/mol. The van der Waals surface area contributed by atoms with Gasteiger partial charge in [0.1, 0.15) is 12.2 Å². The van der Waals surface area contributed by atoms with Gasteiger partial charge in [-0.3, -0.25) is 0 Å². The van der Waals surface area contributed by atoms with Crippen LogP contribution in [0.15, 0.2) is 54.6 Å². The monoisotopic (exact) mass is 338 g/mol. The van der Waals surface area contributed by atoms with Crippen LogP contribution >= 0.6 is 0 Å². The third-order valence-electron chi connectivity index (χ3n) is 5.89. The summed E-state index contributed by atoms with van der Waals surface area (Å²) in [6.07, 6.45) is 2.95. The molecule has 4 nitrogen and oxygen atoms in total. The fraction of sp³-hybridized carbons (Fsp3) is 0.429. The quantitative estimate of drug-likeness (QED) is 0.469. The number of carbonyl (C=O) groups excluding carboxylic acids is 2. The summed E-state index contributed by atoms with van der Waals surface area (Å²) in [5.74, 6) is 0.278. The van der Waals surface area contributed by atoms with E-state index in [1.807, 2.05) is 18.2 Å². The molecule has 3 fully saturated rings. The Kier molecular flexibility index (Phi) is 3.98. The lowest BCUT2D eigenvalue weighted by Gasteiger charge is -2.43. The molecule has 0 spiro atoms. The van der Waals surface area contributed by atoms with Crippen LogP contribution < -0.4 is 0 Å². The van der Waals surface area contributed by atoms with Crippen LogP contribution in [0.1, 0.15) is 36.0 Å². The van der Waals surface area contributed by atoms with E-state index in [1.54, 1.807) is 12.1 Å². The molecule has 4 heteroatoms. The second kappa shape index (κ2) is 6.17. The summed E-state index contributed by atoms with van der Waals surface area (Å²) in [5, 5.41) is 0. The number of esters is 2. The van der Waals surface area contributed by atoms with Gasteiger partial charge in [0.05, 0.1) is 5.56 Å². The molecular formula is C21H22O4. The van der Waals surface area contributed by atoms with E-state index in [4.69, 9.17) is 9.47 Å². The van der Waals surface area contributed by atoms with Gasteiger partial charge < -0.3 is 9.47 Å². The minimum absolute atomic E-state index is 0.0716. The standard InChI is InChI=1S/C21H22O4/c1-12-8-16(24-21(23)14-6-4-3-5-7-14)9-15-10-19-18(11-17(12)15)13(2)20(22)25-19/h3-7,15-19H,1-2,8-11H2/t15?,16-,17?,18+,19+/m0/s1. The smallest absolute Gasteiger partial charge is 0.338 e. The molecule has 1 aromatic rings. The van der Waals surface area contributed by atoms with Crippen molar-refractivity contribution in [3.8, 4) is 0 Å².